The van der Waals surface area contributed by atoms with Crippen LogP contribution < -0.4 is 5.32 Å². The summed E-state index contributed by atoms with van der Waals surface area (Å²) in [4.78, 5) is 2.47. The topological polar surface area (TPSA) is 33.7 Å². The molecule has 0 radical (unpaired) electrons. The molecule has 0 amide bonds. The van der Waals surface area contributed by atoms with Crippen molar-refractivity contribution in [1.82, 2.24) is 10.2 Å². The molecule has 2 fully saturated rings. The smallest absolute Gasteiger partial charge is 0.0594 e. The zero-order valence-corrected chi connectivity index (χ0v) is 10.3. The Balaban J connectivity index is 1.56. The number of rotatable bonds is 4. The molecule has 0 spiro atoms. The molecule has 16 heavy (non-hydrogen) atoms. The third-order valence-electron chi connectivity index (χ3n) is 3.45. The minimum atomic E-state index is 0.426. The van der Waals surface area contributed by atoms with Gasteiger partial charge >= 0.3 is 0 Å². The monoisotopic (exact) mass is 228 g/mol. The van der Waals surface area contributed by atoms with Gasteiger partial charge < -0.3 is 14.8 Å². The number of hydrogen-bond donors (Lipinski definition) is 1. The van der Waals surface area contributed by atoms with E-state index in [4.69, 9.17) is 9.47 Å². The van der Waals surface area contributed by atoms with Gasteiger partial charge in [-0.3, -0.25) is 4.90 Å². The number of ether oxygens (including phenoxy) is 2. The molecule has 1 N–H and O–H groups in total. The molecule has 4 heteroatoms. The summed E-state index contributed by atoms with van der Waals surface area (Å²) in [5.41, 5.74) is 0. The lowest BCUT2D eigenvalue weighted by Crippen LogP contribution is -2.44. The molecular weight excluding hydrogens is 204 g/mol. The first-order valence-electron chi connectivity index (χ1n) is 6.49. The molecule has 0 aromatic heterocycles. The fourth-order valence-corrected chi connectivity index (χ4v) is 2.44. The molecule has 2 aliphatic heterocycles. The Morgan fingerprint density at radius 1 is 1.25 bits per heavy atom. The normalized spacial score (nSPS) is 32.8. The van der Waals surface area contributed by atoms with Crippen LogP contribution in [0.4, 0.5) is 0 Å². The predicted molar refractivity (Wildman–Crippen MR) is 63.7 cm³/mol. The van der Waals surface area contributed by atoms with Crippen LogP contribution in [0.3, 0.4) is 0 Å². The molecule has 4 nitrogen and oxygen atoms in total. The average molecular weight is 228 g/mol. The van der Waals surface area contributed by atoms with E-state index in [0.29, 0.717) is 12.1 Å². The maximum absolute atomic E-state index is 5.54. The number of nitrogens with zero attached hydrogens (tertiary/aromatic N) is 1. The number of morpholine rings is 1. The van der Waals surface area contributed by atoms with Crippen molar-refractivity contribution >= 4 is 0 Å². The average Bonchev–Trinajstić information content (AvgIpc) is 2.30. The highest BCUT2D eigenvalue weighted by Gasteiger charge is 2.18. The molecule has 0 aromatic rings. The largest absolute Gasteiger partial charge is 0.379 e. The molecule has 2 atom stereocenters. The molecule has 0 aromatic carbocycles. The molecule has 2 unspecified atom stereocenters. The van der Waals surface area contributed by atoms with Gasteiger partial charge in [0.2, 0.25) is 0 Å². The van der Waals surface area contributed by atoms with Crippen molar-refractivity contribution in [3.63, 3.8) is 0 Å². The third kappa shape index (κ3) is 4.01. The first kappa shape index (κ1) is 12.3. The van der Waals surface area contributed by atoms with Gasteiger partial charge in [-0.1, -0.05) is 0 Å². The number of nitrogens with one attached hydrogen (secondary N) is 1. The fraction of sp³-hybridized carbons (Fsp3) is 1.00. The summed E-state index contributed by atoms with van der Waals surface area (Å²) in [6, 6.07) is 0.657. The summed E-state index contributed by atoms with van der Waals surface area (Å²) in [5.74, 6) is 0. The standard InChI is InChI=1S/C12H24N2O2/c1-11-10-12(2-7-16-11)13-3-4-14-5-8-15-9-6-14/h11-13H,2-10H2,1H3. The van der Waals surface area contributed by atoms with Crippen molar-refractivity contribution < 1.29 is 9.47 Å². The Hall–Kier alpha value is -0.160. The highest BCUT2D eigenvalue weighted by molar-refractivity contribution is 4.75. The minimum absolute atomic E-state index is 0.426. The van der Waals surface area contributed by atoms with E-state index in [2.05, 4.69) is 17.1 Å². The van der Waals surface area contributed by atoms with Crippen LogP contribution in [0.15, 0.2) is 0 Å². The fourth-order valence-electron chi connectivity index (χ4n) is 2.44. The Morgan fingerprint density at radius 3 is 2.81 bits per heavy atom. The van der Waals surface area contributed by atoms with Crippen LogP contribution in [0.25, 0.3) is 0 Å². The van der Waals surface area contributed by atoms with Gasteiger partial charge in [0.15, 0.2) is 0 Å². The van der Waals surface area contributed by atoms with Gasteiger partial charge in [-0.05, 0) is 19.8 Å². The number of hydrogen-bond acceptors (Lipinski definition) is 4. The summed E-state index contributed by atoms with van der Waals surface area (Å²) < 4.78 is 10.9. The first-order valence-corrected chi connectivity index (χ1v) is 6.49. The molecule has 0 bridgehead atoms. The lowest BCUT2D eigenvalue weighted by atomic mass is 10.0. The summed E-state index contributed by atoms with van der Waals surface area (Å²) >= 11 is 0. The predicted octanol–water partition coefficient (Wildman–Crippen LogP) is 0.476. The SMILES string of the molecule is CC1CC(NCCN2CCOCC2)CCO1. The van der Waals surface area contributed by atoms with Crippen molar-refractivity contribution in [3.05, 3.63) is 0 Å². The van der Waals surface area contributed by atoms with Crippen molar-refractivity contribution in [2.75, 3.05) is 46.0 Å². The zero-order chi connectivity index (χ0) is 11.2. The molecule has 2 rings (SSSR count). The van der Waals surface area contributed by atoms with Crippen molar-refractivity contribution in [3.8, 4) is 0 Å². The van der Waals surface area contributed by atoms with E-state index >= 15 is 0 Å². The van der Waals surface area contributed by atoms with Crippen molar-refractivity contribution in [1.29, 1.82) is 0 Å². The van der Waals surface area contributed by atoms with E-state index in [0.717, 1.165) is 58.8 Å². The molecular formula is C12H24N2O2. The second-order valence-electron chi connectivity index (χ2n) is 4.81. The van der Waals surface area contributed by atoms with Gasteiger partial charge in [-0.15, -0.1) is 0 Å². The van der Waals surface area contributed by atoms with Crippen LogP contribution in [0.5, 0.6) is 0 Å². The van der Waals surface area contributed by atoms with Crippen LogP contribution >= 0.6 is 0 Å². The molecule has 2 heterocycles. The van der Waals surface area contributed by atoms with E-state index in [1.54, 1.807) is 0 Å². The van der Waals surface area contributed by atoms with E-state index < -0.39 is 0 Å². The Bertz CT molecular complexity index is 195. The Kier molecular flexibility index (Phi) is 5.03. The van der Waals surface area contributed by atoms with E-state index in [-0.39, 0.29) is 0 Å². The second kappa shape index (κ2) is 6.55. The van der Waals surface area contributed by atoms with Crippen LogP contribution in [-0.4, -0.2) is 63.0 Å². The Labute approximate surface area is 98.3 Å². The molecule has 94 valence electrons. The highest BCUT2D eigenvalue weighted by atomic mass is 16.5. The summed E-state index contributed by atoms with van der Waals surface area (Å²) in [6.07, 6.45) is 2.74. The van der Waals surface area contributed by atoms with Gasteiger partial charge in [0, 0.05) is 38.8 Å². The van der Waals surface area contributed by atoms with E-state index in [9.17, 15) is 0 Å². The summed E-state index contributed by atoms with van der Waals surface area (Å²) in [7, 11) is 0. The van der Waals surface area contributed by atoms with Crippen molar-refractivity contribution in [2.24, 2.45) is 0 Å². The molecule has 0 saturated carbocycles. The maximum atomic E-state index is 5.54. The zero-order valence-electron chi connectivity index (χ0n) is 10.3. The van der Waals surface area contributed by atoms with E-state index in [1.807, 2.05) is 0 Å². The molecule has 2 aliphatic rings. The van der Waals surface area contributed by atoms with Gasteiger partial charge in [0.25, 0.3) is 0 Å². The van der Waals surface area contributed by atoms with Gasteiger partial charge in [0.1, 0.15) is 0 Å². The maximum Gasteiger partial charge on any atom is 0.0594 e. The van der Waals surface area contributed by atoms with Gasteiger partial charge in [-0.2, -0.15) is 0 Å². The van der Waals surface area contributed by atoms with Gasteiger partial charge in [-0.25, -0.2) is 0 Å². The van der Waals surface area contributed by atoms with Crippen molar-refractivity contribution in [2.45, 2.75) is 31.9 Å². The third-order valence-corrected chi connectivity index (χ3v) is 3.45. The van der Waals surface area contributed by atoms with Crippen LogP contribution in [0, 0.1) is 0 Å². The second-order valence-corrected chi connectivity index (χ2v) is 4.81. The van der Waals surface area contributed by atoms with Crippen LogP contribution in [0.1, 0.15) is 19.8 Å². The lowest BCUT2D eigenvalue weighted by molar-refractivity contribution is 0.0112. The Morgan fingerprint density at radius 2 is 2.06 bits per heavy atom. The summed E-state index contributed by atoms with van der Waals surface area (Å²) in [5, 5.41) is 3.64. The van der Waals surface area contributed by atoms with E-state index in [1.165, 1.54) is 0 Å². The lowest BCUT2D eigenvalue weighted by Gasteiger charge is -2.30. The van der Waals surface area contributed by atoms with Crippen LogP contribution in [-0.2, 0) is 9.47 Å². The summed E-state index contributed by atoms with van der Waals surface area (Å²) in [6.45, 7) is 9.29. The molecule has 0 aliphatic carbocycles. The van der Waals surface area contributed by atoms with Gasteiger partial charge in [0.05, 0.1) is 19.3 Å². The quantitative estimate of drug-likeness (QED) is 0.758. The molecule has 2 saturated heterocycles. The van der Waals surface area contributed by atoms with Crippen LogP contribution in [0.2, 0.25) is 0 Å². The highest BCUT2D eigenvalue weighted by Crippen LogP contribution is 2.12. The minimum Gasteiger partial charge on any atom is -0.379 e. The first-order chi connectivity index (χ1) is 7.84.